The van der Waals surface area contributed by atoms with Gasteiger partial charge in [0.2, 0.25) is 0 Å². The van der Waals surface area contributed by atoms with Gasteiger partial charge in [0.1, 0.15) is 33.8 Å². The molecule has 1 N–H and O–H groups in total. The Kier molecular flexibility index (Phi) is 23.3. The zero-order chi connectivity index (χ0) is 37.9. The van der Waals surface area contributed by atoms with Crippen LogP contribution >= 0.6 is 31.9 Å². The van der Waals surface area contributed by atoms with Crippen molar-refractivity contribution in [2.45, 2.75) is 52.7 Å². The molecule has 2 aliphatic rings. The van der Waals surface area contributed by atoms with E-state index in [1.54, 1.807) is 39.2 Å². The Balaban J connectivity index is 0.000000775. The topological polar surface area (TPSA) is 172 Å². The van der Waals surface area contributed by atoms with Crippen LogP contribution in [0.15, 0.2) is 58.5 Å². The second kappa shape index (κ2) is 24.1. The standard InChI is InChI=1S/C16H20BrN3O3.C9H17NO3.C7H4BrFN2.CH2O3.2Cs.H/c1-16(2,3)23-15(21)19-6-11(7-19)9-22-14-4-12(17)8-20-10-18-5-13(14)20;1-9(2,3)13-8(12)10-4-7(5-10)6-11;8-5-1-6(9)7-2-10-4-11(7)3-5;2-1-4-3;;;/h4-5,8,10-11H,6-7,9H2,1-3H3;7,11H,4-6H2,1-3H3;1-4H;1,3H;;;/q;;;;2*+1;-1/p-1. The molecular formula is C33H43Br2Cs2FN6O9. The summed E-state index contributed by atoms with van der Waals surface area (Å²) in [4.78, 5) is 45.7. The zero-order valence-corrected chi connectivity index (χ0v) is 46.9. The molecule has 53 heavy (non-hydrogen) atoms. The van der Waals surface area contributed by atoms with Gasteiger partial charge in [-0.15, -0.1) is 0 Å². The van der Waals surface area contributed by atoms with Gasteiger partial charge in [-0.3, -0.25) is 4.79 Å². The van der Waals surface area contributed by atoms with E-state index in [4.69, 9.17) is 29.4 Å². The quantitative estimate of drug-likeness (QED) is 0.148. The van der Waals surface area contributed by atoms with Crippen LogP contribution in [0, 0.1) is 17.7 Å². The second-order valence-corrected chi connectivity index (χ2v) is 15.4. The number of amides is 2. The van der Waals surface area contributed by atoms with Gasteiger partial charge < -0.3 is 49.5 Å². The molecule has 0 aliphatic carbocycles. The maximum Gasteiger partial charge on any atom is 1.00 e. The number of aliphatic hydroxyl groups excluding tert-OH is 1. The summed E-state index contributed by atoms with van der Waals surface area (Å²) in [6.45, 7) is 14.2. The summed E-state index contributed by atoms with van der Waals surface area (Å²) in [7, 11) is 0. The average Bonchev–Trinajstić information content (AvgIpc) is 3.64. The maximum atomic E-state index is 13.0. The third kappa shape index (κ3) is 17.6. The van der Waals surface area contributed by atoms with E-state index in [1.165, 1.54) is 12.3 Å². The minimum absolute atomic E-state index is 0. The number of fused-ring (bicyclic) bond motifs is 2. The molecule has 20 heteroatoms. The van der Waals surface area contributed by atoms with Crippen molar-refractivity contribution in [1.29, 1.82) is 0 Å². The van der Waals surface area contributed by atoms with Crippen molar-refractivity contribution in [3.63, 3.8) is 0 Å². The van der Waals surface area contributed by atoms with Gasteiger partial charge in [-0.2, -0.15) is 0 Å². The molecule has 0 spiro atoms. The maximum absolute atomic E-state index is 13.0. The number of halogens is 3. The van der Waals surface area contributed by atoms with Crippen LogP contribution < -0.4 is 148 Å². The van der Waals surface area contributed by atoms with Crippen molar-refractivity contribution in [2.24, 2.45) is 11.8 Å². The number of aromatic nitrogens is 4. The van der Waals surface area contributed by atoms with Crippen molar-refractivity contribution >= 4 is 61.6 Å². The number of imidazole rings is 2. The summed E-state index contributed by atoms with van der Waals surface area (Å²) in [5, 5.41) is 17.2. The fraction of sp³-hybridized carbons (Fsp3) is 0.485. The molecule has 4 aromatic rings. The first-order valence-corrected chi connectivity index (χ1v) is 17.3. The Hall–Kier alpha value is 0.104. The van der Waals surface area contributed by atoms with Gasteiger partial charge in [-0.1, -0.05) is 0 Å². The first-order valence-electron chi connectivity index (χ1n) is 15.7. The van der Waals surface area contributed by atoms with Crippen LogP contribution in [0.5, 0.6) is 5.75 Å². The van der Waals surface area contributed by atoms with Gasteiger partial charge in [-0.25, -0.2) is 23.9 Å². The first kappa shape index (κ1) is 51.1. The Labute approximate surface area is 443 Å². The van der Waals surface area contributed by atoms with Crippen LogP contribution in [0.1, 0.15) is 43.0 Å². The van der Waals surface area contributed by atoms with Crippen molar-refractivity contribution in [3.05, 3.63) is 64.3 Å². The van der Waals surface area contributed by atoms with E-state index in [9.17, 15) is 14.0 Å². The smallest absolute Gasteiger partial charge is 1.00 e. The van der Waals surface area contributed by atoms with Gasteiger partial charge in [0.05, 0.1) is 31.7 Å². The second-order valence-electron chi connectivity index (χ2n) is 13.6. The molecule has 0 bridgehead atoms. The van der Waals surface area contributed by atoms with Crippen LogP contribution in [0.25, 0.3) is 11.0 Å². The largest absolute Gasteiger partial charge is 1.00 e. The summed E-state index contributed by atoms with van der Waals surface area (Å²) >= 11 is 6.64. The normalized spacial score (nSPS) is 13.9. The van der Waals surface area contributed by atoms with E-state index in [2.05, 4.69) is 46.7 Å². The molecule has 6 heterocycles. The van der Waals surface area contributed by atoms with E-state index in [-0.39, 0.29) is 176 Å². The van der Waals surface area contributed by atoms with E-state index in [1.807, 2.05) is 58.2 Å². The molecule has 4 aromatic heterocycles. The summed E-state index contributed by atoms with van der Waals surface area (Å²) < 4.78 is 34.6. The number of rotatable bonds is 5. The number of nitrogens with zero attached hydrogens (tertiary/aromatic N) is 6. The van der Waals surface area contributed by atoms with Crippen molar-refractivity contribution < 1.29 is 187 Å². The summed E-state index contributed by atoms with van der Waals surface area (Å²) in [6, 6.07) is 3.35. The minimum Gasteiger partial charge on any atom is -1.00 e. The van der Waals surface area contributed by atoms with E-state index >= 15 is 0 Å². The molecule has 0 aromatic carbocycles. The van der Waals surface area contributed by atoms with Gasteiger partial charge in [0.15, 0.2) is 0 Å². The van der Waals surface area contributed by atoms with Crippen LogP contribution in [0.2, 0.25) is 0 Å². The monoisotopic (exact) mass is 1110 g/mol. The molecule has 0 saturated carbocycles. The predicted molar refractivity (Wildman–Crippen MR) is 189 cm³/mol. The summed E-state index contributed by atoms with van der Waals surface area (Å²) in [5.41, 5.74) is 0.536. The fourth-order valence-electron chi connectivity index (χ4n) is 4.56. The molecule has 2 aliphatic heterocycles. The number of aliphatic hydroxyl groups is 1. The van der Waals surface area contributed by atoms with E-state index < -0.39 is 11.2 Å². The minimum atomic E-state index is -0.456. The molecule has 282 valence electrons. The molecule has 0 unspecified atom stereocenters. The van der Waals surface area contributed by atoms with Gasteiger partial charge in [0.25, 0.3) is 6.47 Å². The SMILES string of the molecule is CC(C)(C)OC(=O)N1CC(CO)C1.CC(C)(C)OC(=O)N1CC(COc2cc(Br)cn3cncc23)C1.Fc1cc(Br)cn2cncc12.O=CO[O-].[Cs+].[Cs+].[H-]. The van der Waals surface area contributed by atoms with Crippen LogP contribution in [0.4, 0.5) is 14.0 Å². The Bertz CT molecular complexity index is 1770. The summed E-state index contributed by atoms with van der Waals surface area (Å²) in [6.07, 6.45) is 9.71. The number of likely N-dealkylation sites (tertiary alicyclic amines) is 2. The third-order valence-electron chi connectivity index (χ3n) is 6.88. The van der Waals surface area contributed by atoms with E-state index in [0.29, 0.717) is 48.7 Å². The molecule has 2 fully saturated rings. The van der Waals surface area contributed by atoms with Crippen molar-refractivity contribution in [1.82, 2.24) is 28.6 Å². The van der Waals surface area contributed by atoms with Crippen LogP contribution in [-0.2, 0) is 19.2 Å². The van der Waals surface area contributed by atoms with Gasteiger partial charge in [0, 0.05) is 66.0 Å². The van der Waals surface area contributed by atoms with Crippen molar-refractivity contribution in [3.8, 4) is 5.75 Å². The van der Waals surface area contributed by atoms with Gasteiger partial charge in [-0.05, 0) is 85.5 Å². The Morgan fingerprint density at radius 3 is 1.77 bits per heavy atom. The van der Waals surface area contributed by atoms with Crippen molar-refractivity contribution in [2.75, 3.05) is 39.4 Å². The molecular weight excluding hydrogens is 1070 g/mol. The number of hydrogen-bond acceptors (Lipinski definition) is 11. The molecule has 0 radical (unpaired) electrons. The Morgan fingerprint density at radius 1 is 0.887 bits per heavy atom. The zero-order valence-electron chi connectivity index (χ0n) is 32.1. The number of hydrogen-bond donors (Lipinski definition) is 1. The first-order chi connectivity index (χ1) is 23.9. The number of carbonyl (C=O) groups excluding carboxylic acids is 3. The van der Waals surface area contributed by atoms with Crippen LogP contribution in [0.3, 0.4) is 0 Å². The van der Waals surface area contributed by atoms with Crippen LogP contribution in [-0.4, -0.2) is 103 Å². The van der Waals surface area contributed by atoms with Gasteiger partial charge >= 0.3 is 150 Å². The number of carbonyl (C=O) groups is 3. The molecule has 0 atom stereocenters. The number of pyridine rings is 2. The predicted octanol–water partition coefficient (Wildman–Crippen LogP) is -1.02. The average molecular weight is 1110 g/mol. The van der Waals surface area contributed by atoms with E-state index in [0.717, 1.165) is 15.7 Å². The Morgan fingerprint density at radius 2 is 1.32 bits per heavy atom. The summed E-state index contributed by atoms with van der Waals surface area (Å²) in [5.74, 6) is 1.08. The number of ether oxygens (including phenoxy) is 3. The third-order valence-corrected chi connectivity index (χ3v) is 7.74. The molecule has 2 amide bonds. The molecule has 15 nitrogen and oxygen atoms in total. The fourth-order valence-corrected chi connectivity index (χ4v) is 5.41. The molecule has 6 rings (SSSR count). The molecule has 2 saturated heterocycles.